The minimum atomic E-state index is 0.494. The second-order valence-corrected chi connectivity index (χ2v) is 3.73. The summed E-state index contributed by atoms with van der Waals surface area (Å²) < 4.78 is 1.95. The van der Waals surface area contributed by atoms with E-state index in [2.05, 4.69) is 21.2 Å². The van der Waals surface area contributed by atoms with Crippen LogP contribution in [0.15, 0.2) is 49.1 Å². The van der Waals surface area contributed by atoms with Gasteiger partial charge in [-0.15, -0.1) is 0 Å². The third-order valence-electron chi connectivity index (χ3n) is 2.56. The monoisotopic (exact) mass is 225 g/mol. The average Bonchev–Trinajstić information content (AvgIpc) is 3.00. The molecular formula is C12H11N5. The number of nitrogens with two attached hydrogens (primary N) is 1. The Hall–Kier alpha value is -2.56. The van der Waals surface area contributed by atoms with Crippen LogP contribution in [0.2, 0.25) is 0 Å². The fourth-order valence-corrected chi connectivity index (χ4v) is 1.73. The Morgan fingerprint density at radius 2 is 2.18 bits per heavy atom. The molecule has 3 rings (SSSR count). The summed E-state index contributed by atoms with van der Waals surface area (Å²) in [4.78, 5) is 4.03. The highest BCUT2D eigenvalue weighted by molar-refractivity contribution is 5.64. The van der Waals surface area contributed by atoms with Crippen LogP contribution < -0.4 is 5.73 Å². The second kappa shape index (κ2) is 3.79. The van der Waals surface area contributed by atoms with Crippen LogP contribution >= 0.6 is 0 Å². The second-order valence-electron chi connectivity index (χ2n) is 3.73. The van der Waals surface area contributed by atoms with Crippen molar-refractivity contribution >= 4 is 5.82 Å². The molecule has 0 aliphatic carbocycles. The Kier molecular flexibility index (Phi) is 2.15. The first-order valence-electron chi connectivity index (χ1n) is 5.22. The van der Waals surface area contributed by atoms with Crippen molar-refractivity contribution in [3.8, 4) is 16.9 Å². The van der Waals surface area contributed by atoms with Crippen LogP contribution in [0.1, 0.15) is 0 Å². The molecule has 0 atom stereocenters. The van der Waals surface area contributed by atoms with Gasteiger partial charge in [-0.2, -0.15) is 5.10 Å². The van der Waals surface area contributed by atoms with Gasteiger partial charge in [-0.25, -0.2) is 4.98 Å². The van der Waals surface area contributed by atoms with Crippen LogP contribution in [-0.4, -0.2) is 19.7 Å². The molecule has 0 amide bonds. The first kappa shape index (κ1) is 9.65. The maximum absolute atomic E-state index is 5.59. The predicted octanol–water partition coefficient (Wildman–Crippen LogP) is 1.84. The van der Waals surface area contributed by atoms with Crippen LogP contribution in [0.4, 0.5) is 5.82 Å². The Morgan fingerprint density at radius 3 is 2.88 bits per heavy atom. The van der Waals surface area contributed by atoms with Gasteiger partial charge in [0.2, 0.25) is 0 Å². The molecule has 0 fully saturated rings. The van der Waals surface area contributed by atoms with Crippen LogP contribution in [0.5, 0.6) is 0 Å². The number of anilines is 1. The molecule has 2 heterocycles. The van der Waals surface area contributed by atoms with E-state index in [-0.39, 0.29) is 0 Å². The summed E-state index contributed by atoms with van der Waals surface area (Å²) in [6.07, 6.45) is 5.42. The summed E-state index contributed by atoms with van der Waals surface area (Å²) in [5, 5.41) is 6.81. The Labute approximate surface area is 97.9 Å². The molecule has 17 heavy (non-hydrogen) atoms. The maximum Gasteiger partial charge on any atom is 0.145 e. The number of nitrogens with zero attached hydrogens (tertiary/aromatic N) is 3. The Balaban J connectivity index is 2.05. The van der Waals surface area contributed by atoms with E-state index in [1.54, 1.807) is 12.5 Å². The first-order chi connectivity index (χ1) is 8.33. The molecule has 84 valence electrons. The van der Waals surface area contributed by atoms with Gasteiger partial charge in [0.15, 0.2) is 0 Å². The normalized spacial score (nSPS) is 10.6. The largest absolute Gasteiger partial charge is 0.382 e. The van der Waals surface area contributed by atoms with E-state index in [1.807, 2.05) is 35.0 Å². The summed E-state index contributed by atoms with van der Waals surface area (Å²) in [5.74, 6) is 0.494. The average molecular weight is 225 g/mol. The first-order valence-corrected chi connectivity index (χ1v) is 5.22. The van der Waals surface area contributed by atoms with E-state index >= 15 is 0 Å². The highest BCUT2D eigenvalue weighted by Gasteiger charge is 2.03. The van der Waals surface area contributed by atoms with Gasteiger partial charge in [0, 0.05) is 29.7 Å². The summed E-state index contributed by atoms with van der Waals surface area (Å²) in [7, 11) is 0. The zero-order valence-electron chi connectivity index (χ0n) is 9.04. The molecule has 0 radical (unpaired) electrons. The zero-order valence-corrected chi connectivity index (χ0v) is 9.04. The SMILES string of the molecule is Nc1cc(-c2cccc(-n3ccnc3)c2)[nH]n1. The topological polar surface area (TPSA) is 72.5 Å². The molecule has 5 nitrogen and oxygen atoms in total. The molecule has 0 saturated carbocycles. The van der Waals surface area contributed by atoms with Gasteiger partial charge in [0.05, 0.1) is 12.0 Å². The quantitative estimate of drug-likeness (QED) is 0.699. The minimum Gasteiger partial charge on any atom is -0.382 e. The molecule has 0 unspecified atom stereocenters. The van der Waals surface area contributed by atoms with Crippen LogP contribution in [0.3, 0.4) is 0 Å². The Bertz CT molecular complexity index is 624. The number of nitrogen functional groups attached to an aromatic ring is 1. The van der Waals surface area contributed by atoms with Gasteiger partial charge in [0.25, 0.3) is 0 Å². The number of rotatable bonds is 2. The van der Waals surface area contributed by atoms with E-state index < -0.39 is 0 Å². The fourth-order valence-electron chi connectivity index (χ4n) is 1.73. The lowest BCUT2D eigenvalue weighted by Crippen LogP contribution is -1.90. The third-order valence-corrected chi connectivity index (χ3v) is 2.56. The number of hydrogen-bond acceptors (Lipinski definition) is 3. The number of hydrogen-bond donors (Lipinski definition) is 2. The molecule has 2 aromatic heterocycles. The van der Waals surface area contributed by atoms with Crippen molar-refractivity contribution in [1.29, 1.82) is 0 Å². The lowest BCUT2D eigenvalue weighted by atomic mass is 10.1. The van der Waals surface area contributed by atoms with E-state index in [1.165, 1.54) is 0 Å². The van der Waals surface area contributed by atoms with Crippen molar-refractivity contribution in [2.45, 2.75) is 0 Å². The number of H-pyrrole nitrogens is 1. The fraction of sp³-hybridized carbons (Fsp3) is 0. The highest BCUT2D eigenvalue weighted by Crippen LogP contribution is 2.21. The lowest BCUT2D eigenvalue weighted by Gasteiger charge is -2.04. The van der Waals surface area contributed by atoms with Gasteiger partial charge < -0.3 is 10.3 Å². The standard InChI is InChI=1S/C12H11N5/c13-12-7-11(15-16-12)9-2-1-3-10(6-9)17-5-4-14-8-17/h1-8H,(H3,13,15,16). The number of aromatic nitrogens is 4. The van der Waals surface area contributed by atoms with Crippen molar-refractivity contribution in [3.05, 3.63) is 49.1 Å². The number of imidazole rings is 1. The maximum atomic E-state index is 5.59. The summed E-state index contributed by atoms with van der Waals surface area (Å²) in [5.41, 5.74) is 8.59. The molecule has 0 bridgehead atoms. The van der Waals surface area contributed by atoms with E-state index in [0.29, 0.717) is 5.82 Å². The van der Waals surface area contributed by atoms with Crippen molar-refractivity contribution in [2.75, 3.05) is 5.73 Å². The molecule has 3 N–H and O–H groups in total. The van der Waals surface area contributed by atoms with Gasteiger partial charge in [0.1, 0.15) is 5.82 Å². The lowest BCUT2D eigenvalue weighted by molar-refractivity contribution is 1.05. The Morgan fingerprint density at radius 1 is 1.24 bits per heavy atom. The summed E-state index contributed by atoms with van der Waals surface area (Å²) >= 11 is 0. The van der Waals surface area contributed by atoms with Crippen molar-refractivity contribution < 1.29 is 0 Å². The van der Waals surface area contributed by atoms with E-state index in [4.69, 9.17) is 5.73 Å². The van der Waals surface area contributed by atoms with Gasteiger partial charge in [-0.05, 0) is 12.1 Å². The van der Waals surface area contributed by atoms with Crippen LogP contribution in [0, 0.1) is 0 Å². The summed E-state index contributed by atoms with van der Waals surface area (Å²) in [6, 6.07) is 9.88. The van der Waals surface area contributed by atoms with Crippen LogP contribution in [0.25, 0.3) is 16.9 Å². The number of aromatic amines is 1. The van der Waals surface area contributed by atoms with Crippen LogP contribution in [-0.2, 0) is 0 Å². The third kappa shape index (κ3) is 1.78. The molecule has 0 spiro atoms. The number of benzene rings is 1. The predicted molar refractivity (Wildman–Crippen MR) is 65.6 cm³/mol. The van der Waals surface area contributed by atoms with E-state index in [9.17, 15) is 0 Å². The van der Waals surface area contributed by atoms with Gasteiger partial charge >= 0.3 is 0 Å². The molecule has 3 aromatic rings. The van der Waals surface area contributed by atoms with Gasteiger partial charge in [-0.3, -0.25) is 5.10 Å². The molecule has 1 aromatic carbocycles. The summed E-state index contributed by atoms with van der Waals surface area (Å²) in [6.45, 7) is 0. The molecule has 0 aliphatic heterocycles. The van der Waals surface area contributed by atoms with E-state index in [0.717, 1.165) is 16.9 Å². The van der Waals surface area contributed by atoms with Crippen molar-refractivity contribution in [3.63, 3.8) is 0 Å². The van der Waals surface area contributed by atoms with Gasteiger partial charge in [-0.1, -0.05) is 12.1 Å². The molecular weight excluding hydrogens is 214 g/mol. The highest BCUT2D eigenvalue weighted by atomic mass is 15.2. The molecule has 5 heteroatoms. The smallest absolute Gasteiger partial charge is 0.145 e. The van der Waals surface area contributed by atoms with Crippen molar-refractivity contribution in [2.24, 2.45) is 0 Å². The minimum absolute atomic E-state index is 0.494. The molecule has 0 aliphatic rings. The molecule has 0 saturated heterocycles. The zero-order chi connectivity index (χ0) is 11.7. The number of nitrogens with one attached hydrogen (secondary N) is 1. The van der Waals surface area contributed by atoms with Crippen molar-refractivity contribution in [1.82, 2.24) is 19.7 Å².